The minimum atomic E-state index is -0.809. The molecule has 0 bridgehead atoms. The van der Waals surface area contributed by atoms with Gasteiger partial charge in [-0.3, -0.25) is 4.79 Å². The van der Waals surface area contributed by atoms with Gasteiger partial charge in [0.05, 0.1) is 12.7 Å². The highest BCUT2D eigenvalue weighted by molar-refractivity contribution is 5.94. The number of carbonyl (C=O) groups excluding carboxylic acids is 1. The van der Waals surface area contributed by atoms with Gasteiger partial charge >= 0.3 is 0 Å². The van der Waals surface area contributed by atoms with Gasteiger partial charge in [-0.2, -0.15) is 0 Å². The normalized spacial score (nSPS) is 18.2. The van der Waals surface area contributed by atoms with Crippen molar-refractivity contribution in [3.05, 3.63) is 29.8 Å². The molecule has 1 saturated heterocycles. The smallest absolute Gasteiger partial charge is 0.253 e. The molecule has 2 rings (SSSR count). The third-order valence-electron chi connectivity index (χ3n) is 3.70. The number of piperidine rings is 1. The van der Waals surface area contributed by atoms with Crippen molar-refractivity contribution in [2.75, 3.05) is 26.7 Å². The largest absolute Gasteiger partial charge is 0.497 e. The van der Waals surface area contributed by atoms with Gasteiger partial charge in [0, 0.05) is 25.2 Å². The highest BCUT2D eigenvalue weighted by Crippen LogP contribution is 2.22. The number of nitrogens with two attached hydrogens (primary N) is 1. The van der Waals surface area contributed by atoms with E-state index in [1.54, 1.807) is 36.3 Å². The number of aliphatic hydroxyl groups is 1. The van der Waals surface area contributed by atoms with Crippen LogP contribution in [0.2, 0.25) is 0 Å². The Kier molecular flexibility index (Phi) is 4.07. The molecule has 1 aliphatic rings. The topological polar surface area (TPSA) is 75.8 Å². The fourth-order valence-corrected chi connectivity index (χ4v) is 2.25. The predicted octanol–water partition coefficient (Wildman–Crippen LogP) is 0.621. The molecule has 5 heteroatoms. The molecule has 0 aromatic heterocycles. The lowest BCUT2D eigenvalue weighted by Gasteiger charge is -2.37. The minimum absolute atomic E-state index is 0.0123. The summed E-state index contributed by atoms with van der Waals surface area (Å²) in [6.07, 6.45) is 1.07. The molecule has 0 radical (unpaired) electrons. The Balaban J connectivity index is 2.00. The van der Waals surface area contributed by atoms with Crippen LogP contribution in [0, 0.1) is 0 Å². The molecule has 0 atom stereocenters. The lowest BCUT2D eigenvalue weighted by Crippen LogP contribution is -2.50. The Hall–Kier alpha value is -1.59. The van der Waals surface area contributed by atoms with E-state index in [0.29, 0.717) is 31.5 Å². The Morgan fingerprint density at radius 3 is 2.42 bits per heavy atom. The summed E-state index contributed by atoms with van der Waals surface area (Å²) in [4.78, 5) is 14.0. The van der Waals surface area contributed by atoms with Crippen LogP contribution >= 0.6 is 0 Å². The fraction of sp³-hybridized carbons (Fsp3) is 0.500. The van der Waals surface area contributed by atoms with Gasteiger partial charge in [0.25, 0.3) is 5.91 Å². The summed E-state index contributed by atoms with van der Waals surface area (Å²) >= 11 is 0. The Bertz CT molecular complexity index is 437. The zero-order chi connectivity index (χ0) is 13.9. The molecule has 0 unspecified atom stereocenters. The van der Waals surface area contributed by atoms with Gasteiger partial charge in [0.1, 0.15) is 5.75 Å². The number of hydrogen-bond donors (Lipinski definition) is 2. The zero-order valence-corrected chi connectivity index (χ0v) is 11.1. The fourth-order valence-electron chi connectivity index (χ4n) is 2.25. The average Bonchev–Trinajstić information content (AvgIpc) is 2.47. The van der Waals surface area contributed by atoms with Crippen molar-refractivity contribution in [3.63, 3.8) is 0 Å². The predicted molar refractivity (Wildman–Crippen MR) is 72.1 cm³/mol. The van der Waals surface area contributed by atoms with E-state index in [1.165, 1.54) is 0 Å². The van der Waals surface area contributed by atoms with Crippen molar-refractivity contribution in [1.82, 2.24) is 4.90 Å². The van der Waals surface area contributed by atoms with Gasteiger partial charge in [0.2, 0.25) is 0 Å². The molecule has 0 aliphatic carbocycles. The van der Waals surface area contributed by atoms with E-state index in [0.717, 1.165) is 5.75 Å². The first-order valence-electron chi connectivity index (χ1n) is 6.44. The summed E-state index contributed by atoms with van der Waals surface area (Å²) in [5.41, 5.74) is 5.36. The third-order valence-corrected chi connectivity index (χ3v) is 3.70. The number of carbonyl (C=O) groups is 1. The molecular weight excluding hydrogens is 244 g/mol. The lowest BCUT2D eigenvalue weighted by molar-refractivity contribution is -0.00951. The van der Waals surface area contributed by atoms with E-state index < -0.39 is 5.60 Å². The van der Waals surface area contributed by atoms with Crippen molar-refractivity contribution in [2.24, 2.45) is 5.73 Å². The summed E-state index contributed by atoms with van der Waals surface area (Å²) in [6, 6.07) is 7.05. The van der Waals surface area contributed by atoms with Crippen molar-refractivity contribution in [3.8, 4) is 5.75 Å². The quantitative estimate of drug-likeness (QED) is 0.839. The van der Waals surface area contributed by atoms with Crippen LogP contribution in [0.1, 0.15) is 23.2 Å². The lowest BCUT2D eigenvalue weighted by atomic mass is 9.91. The second-order valence-corrected chi connectivity index (χ2v) is 4.95. The van der Waals surface area contributed by atoms with Crippen molar-refractivity contribution >= 4 is 5.91 Å². The van der Waals surface area contributed by atoms with Crippen molar-refractivity contribution < 1.29 is 14.6 Å². The molecule has 0 spiro atoms. The van der Waals surface area contributed by atoms with Gasteiger partial charge in [-0.1, -0.05) is 0 Å². The summed E-state index contributed by atoms with van der Waals surface area (Å²) < 4.78 is 5.06. The molecule has 1 fully saturated rings. The number of hydrogen-bond acceptors (Lipinski definition) is 4. The zero-order valence-electron chi connectivity index (χ0n) is 11.1. The van der Waals surface area contributed by atoms with Crippen LogP contribution in [0.15, 0.2) is 24.3 Å². The van der Waals surface area contributed by atoms with E-state index in [1.807, 2.05) is 0 Å². The molecule has 1 heterocycles. The van der Waals surface area contributed by atoms with Gasteiger partial charge < -0.3 is 20.5 Å². The number of ether oxygens (including phenoxy) is 1. The SMILES string of the molecule is COc1ccc(C(=O)N2CCC(O)(CN)CC2)cc1. The van der Waals surface area contributed by atoms with Gasteiger partial charge in [-0.05, 0) is 37.1 Å². The number of likely N-dealkylation sites (tertiary alicyclic amines) is 1. The molecule has 19 heavy (non-hydrogen) atoms. The maximum Gasteiger partial charge on any atom is 0.253 e. The van der Waals surface area contributed by atoms with Crippen molar-refractivity contribution in [1.29, 1.82) is 0 Å². The van der Waals surface area contributed by atoms with E-state index in [-0.39, 0.29) is 12.5 Å². The molecule has 104 valence electrons. The summed E-state index contributed by atoms with van der Waals surface area (Å²) in [6.45, 7) is 1.33. The van der Waals surface area contributed by atoms with Crippen LogP contribution in [0.3, 0.4) is 0 Å². The van der Waals surface area contributed by atoms with Crippen LogP contribution in [-0.4, -0.2) is 48.3 Å². The maximum atomic E-state index is 12.3. The molecule has 1 aromatic carbocycles. The van der Waals surface area contributed by atoms with Crippen LogP contribution < -0.4 is 10.5 Å². The molecule has 1 aromatic rings. The van der Waals surface area contributed by atoms with E-state index >= 15 is 0 Å². The molecule has 1 aliphatic heterocycles. The summed E-state index contributed by atoms with van der Waals surface area (Å²) in [7, 11) is 1.59. The van der Waals surface area contributed by atoms with Crippen LogP contribution in [-0.2, 0) is 0 Å². The highest BCUT2D eigenvalue weighted by atomic mass is 16.5. The number of rotatable bonds is 3. The average molecular weight is 264 g/mol. The summed E-state index contributed by atoms with van der Waals surface area (Å²) in [5, 5.41) is 10.0. The van der Waals surface area contributed by atoms with Gasteiger partial charge in [-0.25, -0.2) is 0 Å². The molecular formula is C14H20N2O3. The van der Waals surface area contributed by atoms with Gasteiger partial charge in [-0.15, -0.1) is 0 Å². The molecule has 5 nitrogen and oxygen atoms in total. The Morgan fingerprint density at radius 2 is 1.95 bits per heavy atom. The third kappa shape index (κ3) is 3.05. The summed E-state index contributed by atoms with van der Waals surface area (Å²) in [5.74, 6) is 0.717. The first-order chi connectivity index (χ1) is 9.08. The monoisotopic (exact) mass is 264 g/mol. The van der Waals surface area contributed by atoms with E-state index in [2.05, 4.69) is 0 Å². The van der Waals surface area contributed by atoms with Crippen LogP contribution in [0.5, 0.6) is 5.75 Å². The molecule has 1 amide bonds. The second-order valence-electron chi connectivity index (χ2n) is 4.95. The minimum Gasteiger partial charge on any atom is -0.497 e. The highest BCUT2D eigenvalue weighted by Gasteiger charge is 2.32. The Labute approximate surface area is 113 Å². The first-order valence-corrected chi connectivity index (χ1v) is 6.44. The number of nitrogens with zero attached hydrogens (tertiary/aromatic N) is 1. The van der Waals surface area contributed by atoms with Gasteiger partial charge in [0.15, 0.2) is 0 Å². The standard InChI is InChI=1S/C14H20N2O3/c1-19-12-4-2-11(3-5-12)13(17)16-8-6-14(18,10-15)7-9-16/h2-5,18H,6-10,15H2,1H3. The van der Waals surface area contributed by atoms with E-state index in [9.17, 15) is 9.90 Å². The number of amides is 1. The molecule has 3 N–H and O–H groups in total. The van der Waals surface area contributed by atoms with Crippen LogP contribution in [0.4, 0.5) is 0 Å². The van der Waals surface area contributed by atoms with Crippen molar-refractivity contribution in [2.45, 2.75) is 18.4 Å². The number of methoxy groups -OCH3 is 1. The van der Waals surface area contributed by atoms with E-state index in [4.69, 9.17) is 10.5 Å². The second kappa shape index (κ2) is 5.59. The Morgan fingerprint density at radius 1 is 1.37 bits per heavy atom. The first kappa shape index (κ1) is 13.8. The van der Waals surface area contributed by atoms with Crippen LogP contribution in [0.25, 0.3) is 0 Å². The maximum absolute atomic E-state index is 12.3. The number of benzene rings is 1. The molecule has 0 saturated carbocycles.